The van der Waals surface area contributed by atoms with Crippen molar-refractivity contribution in [2.75, 3.05) is 7.05 Å². The minimum Gasteiger partial charge on any atom is -0.341 e. The number of halogens is 1. The summed E-state index contributed by atoms with van der Waals surface area (Å²) in [7, 11) is 3.64. The average Bonchev–Trinajstić information content (AvgIpc) is 2.88. The topological polar surface area (TPSA) is 51.0 Å². The molecule has 0 aliphatic rings. The molecule has 0 saturated carbocycles. The van der Waals surface area contributed by atoms with Crippen LogP contribution >= 0.6 is 0 Å². The van der Waals surface area contributed by atoms with Gasteiger partial charge in [0, 0.05) is 38.1 Å². The number of rotatable bonds is 5. The Labute approximate surface area is 158 Å². The Morgan fingerprint density at radius 2 is 1.96 bits per heavy atom. The maximum atomic E-state index is 13.3. The summed E-state index contributed by atoms with van der Waals surface area (Å²) in [5.74, 6) is -0.258. The SMILES string of the molecule is Cc1nc2c(c(C)nn2C)c(C)c1CCC(=O)N(C)Cc1cccc(F)c1. The molecule has 5 nitrogen and oxygen atoms in total. The van der Waals surface area contributed by atoms with E-state index in [-0.39, 0.29) is 11.7 Å². The predicted octanol–water partition coefficient (Wildman–Crippen LogP) is 3.62. The van der Waals surface area contributed by atoms with Gasteiger partial charge in [0.2, 0.25) is 5.91 Å². The van der Waals surface area contributed by atoms with E-state index < -0.39 is 0 Å². The van der Waals surface area contributed by atoms with Crippen molar-refractivity contribution in [2.24, 2.45) is 7.05 Å². The zero-order valence-corrected chi connectivity index (χ0v) is 16.5. The van der Waals surface area contributed by atoms with Gasteiger partial charge in [0.05, 0.1) is 5.69 Å². The van der Waals surface area contributed by atoms with Crippen LogP contribution in [0, 0.1) is 26.6 Å². The number of hydrogen-bond acceptors (Lipinski definition) is 3. The molecule has 0 fully saturated rings. The van der Waals surface area contributed by atoms with E-state index in [2.05, 4.69) is 12.0 Å². The molecule has 2 heterocycles. The summed E-state index contributed by atoms with van der Waals surface area (Å²) in [5.41, 5.74) is 5.79. The van der Waals surface area contributed by atoms with Crippen molar-refractivity contribution in [1.29, 1.82) is 0 Å². The number of hydrogen-bond donors (Lipinski definition) is 0. The second-order valence-electron chi connectivity index (χ2n) is 7.09. The highest BCUT2D eigenvalue weighted by atomic mass is 19.1. The summed E-state index contributed by atoms with van der Waals surface area (Å²) >= 11 is 0. The summed E-state index contributed by atoms with van der Waals surface area (Å²) < 4.78 is 15.1. The van der Waals surface area contributed by atoms with E-state index in [1.807, 2.05) is 27.0 Å². The van der Waals surface area contributed by atoms with E-state index in [1.165, 1.54) is 12.1 Å². The van der Waals surface area contributed by atoms with Gasteiger partial charge in [0.15, 0.2) is 5.65 Å². The van der Waals surface area contributed by atoms with Gasteiger partial charge >= 0.3 is 0 Å². The second-order valence-corrected chi connectivity index (χ2v) is 7.09. The van der Waals surface area contributed by atoms with E-state index in [9.17, 15) is 9.18 Å². The van der Waals surface area contributed by atoms with Crippen molar-refractivity contribution < 1.29 is 9.18 Å². The summed E-state index contributed by atoms with van der Waals surface area (Å²) in [6.07, 6.45) is 1.02. The van der Waals surface area contributed by atoms with Crippen LogP contribution in [0.25, 0.3) is 11.0 Å². The van der Waals surface area contributed by atoms with Gasteiger partial charge < -0.3 is 4.90 Å². The molecule has 2 aromatic heterocycles. The van der Waals surface area contributed by atoms with Crippen LogP contribution in [0.3, 0.4) is 0 Å². The molecule has 142 valence electrons. The van der Waals surface area contributed by atoms with Crippen molar-refractivity contribution >= 4 is 16.9 Å². The number of benzene rings is 1. The first kappa shape index (κ1) is 19.0. The molecule has 3 rings (SSSR count). The first-order valence-corrected chi connectivity index (χ1v) is 9.05. The van der Waals surface area contributed by atoms with Gasteiger partial charge in [0.25, 0.3) is 0 Å². The van der Waals surface area contributed by atoms with Gasteiger partial charge in [-0.25, -0.2) is 9.37 Å². The van der Waals surface area contributed by atoms with Crippen molar-refractivity contribution in [3.05, 3.63) is 58.2 Å². The third kappa shape index (κ3) is 3.84. The van der Waals surface area contributed by atoms with Crippen LogP contribution in [0.1, 0.15) is 34.5 Å². The number of amides is 1. The number of carbonyl (C=O) groups excluding carboxylic acids is 1. The summed E-state index contributed by atoms with van der Waals surface area (Å²) in [6, 6.07) is 6.35. The quantitative estimate of drug-likeness (QED) is 0.691. The average molecular weight is 368 g/mol. The number of nitrogens with zero attached hydrogens (tertiary/aromatic N) is 4. The number of fused-ring (bicyclic) bond motifs is 1. The fraction of sp³-hybridized carbons (Fsp3) is 0.381. The van der Waals surface area contributed by atoms with Crippen molar-refractivity contribution in [2.45, 2.75) is 40.2 Å². The van der Waals surface area contributed by atoms with Gasteiger partial charge in [0.1, 0.15) is 5.82 Å². The minimum absolute atomic E-state index is 0.0288. The molecule has 0 atom stereocenters. The highest BCUT2D eigenvalue weighted by Gasteiger charge is 2.17. The van der Waals surface area contributed by atoms with Crippen LogP contribution in [0.4, 0.5) is 4.39 Å². The molecule has 27 heavy (non-hydrogen) atoms. The van der Waals surface area contributed by atoms with Crippen LogP contribution in [0.15, 0.2) is 24.3 Å². The van der Waals surface area contributed by atoms with E-state index in [4.69, 9.17) is 4.98 Å². The largest absolute Gasteiger partial charge is 0.341 e. The van der Waals surface area contributed by atoms with Crippen LogP contribution in [0.2, 0.25) is 0 Å². The van der Waals surface area contributed by atoms with Crippen molar-refractivity contribution in [3.63, 3.8) is 0 Å². The highest BCUT2D eigenvalue weighted by molar-refractivity contribution is 5.84. The minimum atomic E-state index is -0.286. The number of aryl methyl sites for hydroxylation is 4. The van der Waals surface area contributed by atoms with Gasteiger partial charge in [-0.3, -0.25) is 9.48 Å². The maximum absolute atomic E-state index is 13.3. The monoisotopic (exact) mass is 368 g/mol. The van der Waals surface area contributed by atoms with E-state index >= 15 is 0 Å². The molecule has 1 aromatic carbocycles. The third-order valence-corrected chi connectivity index (χ3v) is 5.05. The third-order valence-electron chi connectivity index (χ3n) is 5.05. The zero-order valence-electron chi connectivity index (χ0n) is 16.5. The van der Waals surface area contributed by atoms with E-state index in [0.717, 1.165) is 39.1 Å². The molecule has 0 bridgehead atoms. The lowest BCUT2D eigenvalue weighted by molar-refractivity contribution is -0.130. The fourth-order valence-electron chi connectivity index (χ4n) is 3.65. The van der Waals surface area contributed by atoms with E-state index in [0.29, 0.717) is 19.4 Å². The Bertz CT molecular complexity index is 1010. The van der Waals surface area contributed by atoms with Gasteiger partial charge in [-0.05, 0) is 56.0 Å². The van der Waals surface area contributed by atoms with Crippen LogP contribution in [0.5, 0.6) is 0 Å². The zero-order chi connectivity index (χ0) is 19.7. The van der Waals surface area contributed by atoms with Crippen LogP contribution in [-0.4, -0.2) is 32.6 Å². The molecular formula is C21H25FN4O. The molecule has 0 spiro atoms. The second kappa shape index (κ2) is 7.47. The fourth-order valence-corrected chi connectivity index (χ4v) is 3.65. The van der Waals surface area contributed by atoms with Crippen LogP contribution < -0.4 is 0 Å². The Balaban J connectivity index is 1.74. The summed E-state index contributed by atoms with van der Waals surface area (Å²) in [6.45, 7) is 6.43. The molecule has 0 aliphatic carbocycles. The standard InChI is InChI=1S/C21H25FN4O/c1-13-18(14(2)23-21-20(13)15(3)24-26(21)5)9-10-19(27)25(4)12-16-7-6-8-17(22)11-16/h6-8,11H,9-10,12H2,1-5H3. The molecule has 0 saturated heterocycles. The maximum Gasteiger partial charge on any atom is 0.222 e. The lowest BCUT2D eigenvalue weighted by atomic mass is 9.99. The van der Waals surface area contributed by atoms with Crippen molar-refractivity contribution in [3.8, 4) is 0 Å². The first-order chi connectivity index (χ1) is 12.8. The van der Waals surface area contributed by atoms with E-state index in [1.54, 1.807) is 22.7 Å². The number of pyridine rings is 1. The lowest BCUT2D eigenvalue weighted by Gasteiger charge is -2.18. The molecule has 0 aliphatic heterocycles. The van der Waals surface area contributed by atoms with Gasteiger partial charge in [-0.15, -0.1) is 0 Å². The van der Waals surface area contributed by atoms with Crippen LogP contribution in [-0.2, 0) is 24.8 Å². The molecule has 0 unspecified atom stereocenters. The van der Waals surface area contributed by atoms with Gasteiger partial charge in [-0.2, -0.15) is 5.10 Å². The number of carbonyl (C=O) groups is 1. The Morgan fingerprint density at radius 3 is 2.67 bits per heavy atom. The molecule has 3 aromatic rings. The predicted molar refractivity (Wildman–Crippen MR) is 104 cm³/mol. The first-order valence-electron chi connectivity index (χ1n) is 9.05. The lowest BCUT2D eigenvalue weighted by Crippen LogP contribution is -2.26. The van der Waals surface area contributed by atoms with Gasteiger partial charge in [-0.1, -0.05) is 12.1 Å². The molecular weight excluding hydrogens is 343 g/mol. The highest BCUT2D eigenvalue weighted by Crippen LogP contribution is 2.26. The molecule has 0 radical (unpaired) electrons. The summed E-state index contributed by atoms with van der Waals surface area (Å²) in [4.78, 5) is 18.9. The normalized spacial score (nSPS) is 11.2. The Kier molecular flexibility index (Phi) is 5.26. The molecule has 0 N–H and O–H groups in total. The number of aromatic nitrogens is 3. The smallest absolute Gasteiger partial charge is 0.222 e. The molecule has 1 amide bonds. The Hall–Kier alpha value is -2.76. The van der Waals surface area contributed by atoms with Crippen molar-refractivity contribution in [1.82, 2.24) is 19.7 Å². The summed E-state index contributed by atoms with van der Waals surface area (Å²) in [5, 5.41) is 5.53. The Morgan fingerprint density at radius 1 is 1.22 bits per heavy atom. The molecule has 6 heteroatoms.